The van der Waals surface area contributed by atoms with Crippen LogP contribution in [0, 0.1) is 0 Å². The van der Waals surface area contributed by atoms with Crippen molar-refractivity contribution in [2.45, 2.75) is 13.3 Å². The van der Waals surface area contributed by atoms with E-state index < -0.39 is 0 Å². The van der Waals surface area contributed by atoms with E-state index in [1.807, 2.05) is 12.4 Å². The Bertz CT molecular complexity index is 538. The number of H-pyrrole nitrogens is 1. The molecular weight excluding hydrogens is 198 g/mol. The highest BCUT2D eigenvalue weighted by Gasteiger charge is 2.15. The first kappa shape index (κ1) is 9.33. The van der Waals surface area contributed by atoms with Gasteiger partial charge in [-0.2, -0.15) is 5.10 Å². The van der Waals surface area contributed by atoms with Crippen molar-refractivity contribution < 1.29 is 0 Å². The highest BCUT2D eigenvalue weighted by atomic mass is 15.1. The van der Waals surface area contributed by atoms with Crippen LogP contribution in [0.2, 0.25) is 0 Å². The molecule has 0 bridgehead atoms. The number of aliphatic imine (C=N–C) groups is 1. The Hall–Kier alpha value is -1.90. The summed E-state index contributed by atoms with van der Waals surface area (Å²) in [7, 11) is 0. The number of aromatic amines is 1. The molecule has 0 atom stereocenters. The van der Waals surface area contributed by atoms with E-state index in [0.717, 1.165) is 24.2 Å². The van der Waals surface area contributed by atoms with Gasteiger partial charge in [-0.15, -0.1) is 0 Å². The summed E-state index contributed by atoms with van der Waals surface area (Å²) in [6.07, 6.45) is 4.83. The fourth-order valence-corrected chi connectivity index (χ4v) is 2.28. The van der Waals surface area contributed by atoms with Gasteiger partial charge in [0.2, 0.25) is 0 Å². The Morgan fingerprint density at radius 2 is 2.12 bits per heavy atom. The molecule has 80 valence electrons. The van der Waals surface area contributed by atoms with Gasteiger partial charge < -0.3 is 0 Å². The van der Waals surface area contributed by atoms with Crippen LogP contribution in [0.25, 0.3) is 11.1 Å². The van der Waals surface area contributed by atoms with E-state index in [1.165, 1.54) is 16.7 Å². The Morgan fingerprint density at radius 3 is 2.94 bits per heavy atom. The molecule has 1 aromatic heterocycles. The van der Waals surface area contributed by atoms with Gasteiger partial charge in [0.15, 0.2) is 0 Å². The second-order valence-corrected chi connectivity index (χ2v) is 4.04. The molecule has 0 radical (unpaired) electrons. The zero-order valence-electron chi connectivity index (χ0n) is 9.20. The van der Waals surface area contributed by atoms with E-state index >= 15 is 0 Å². The highest BCUT2D eigenvalue weighted by Crippen LogP contribution is 2.28. The van der Waals surface area contributed by atoms with Crippen LogP contribution in [0.5, 0.6) is 0 Å². The van der Waals surface area contributed by atoms with Gasteiger partial charge in [-0.25, -0.2) is 0 Å². The lowest BCUT2D eigenvalue weighted by molar-refractivity contribution is 0.943. The smallest absolute Gasteiger partial charge is 0.0565 e. The number of rotatable bonds is 1. The minimum absolute atomic E-state index is 0.897. The monoisotopic (exact) mass is 211 g/mol. The molecule has 0 saturated heterocycles. The molecule has 0 amide bonds. The Kier molecular flexibility index (Phi) is 2.10. The van der Waals surface area contributed by atoms with Gasteiger partial charge in [0, 0.05) is 24.0 Å². The third-order valence-corrected chi connectivity index (χ3v) is 3.09. The molecular formula is C13H13N3. The van der Waals surface area contributed by atoms with Crippen LogP contribution < -0.4 is 0 Å². The summed E-state index contributed by atoms with van der Waals surface area (Å²) in [5.74, 6) is 0. The average molecular weight is 211 g/mol. The lowest BCUT2D eigenvalue weighted by atomic mass is 9.91. The number of aromatic nitrogens is 2. The maximum Gasteiger partial charge on any atom is 0.0565 e. The summed E-state index contributed by atoms with van der Waals surface area (Å²) in [5, 5.41) is 6.88. The number of hydrogen-bond acceptors (Lipinski definition) is 2. The molecule has 1 aromatic carbocycles. The summed E-state index contributed by atoms with van der Waals surface area (Å²) in [4.78, 5) is 4.49. The van der Waals surface area contributed by atoms with Crippen molar-refractivity contribution in [3.8, 4) is 11.1 Å². The first-order valence-electron chi connectivity index (χ1n) is 5.49. The molecule has 3 rings (SSSR count). The summed E-state index contributed by atoms with van der Waals surface area (Å²) in [5.41, 5.74) is 6.26. The van der Waals surface area contributed by atoms with E-state index in [2.05, 4.69) is 40.3 Å². The molecule has 0 unspecified atom stereocenters. The maximum atomic E-state index is 4.49. The first-order chi connectivity index (χ1) is 7.86. The Balaban J connectivity index is 2.22. The van der Waals surface area contributed by atoms with Crippen molar-refractivity contribution in [3.05, 3.63) is 41.7 Å². The molecule has 2 heterocycles. The van der Waals surface area contributed by atoms with Crippen LogP contribution in [0.1, 0.15) is 18.1 Å². The summed E-state index contributed by atoms with van der Waals surface area (Å²) >= 11 is 0. The first-order valence-corrected chi connectivity index (χ1v) is 5.49. The third-order valence-electron chi connectivity index (χ3n) is 3.09. The lowest BCUT2D eigenvalue weighted by Gasteiger charge is -2.17. The molecule has 16 heavy (non-hydrogen) atoms. The quantitative estimate of drug-likeness (QED) is 0.773. The number of hydrogen-bond donors (Lipinski definition) is 1. The van der Waals surface area contributed by atoms with Crippen molar-refractivity contribution in [2.75, 3.05) is 6.54 Å². The number of fused-ring (bicyclic) bond motifs is 1. The minimum atomic E-state index is 0.897. The number of nitrogens with one attached hydrogen (secondary N) is 1. The molecule has 0 saturated carbocycles. The minimum Gasteiger partial charge on any atom is -0.289 e. The normalized spacial score (nSPS) is 14.4. The van der Waals surface area contributed by atoms with Gasteiger partial charge in [-0.3, -0.25) is 10.1 Å². The van der Waals surface area contributed by atoms with Crippen molar-refractivity contribution in [1.82, 2.24) is 10.2 Å². The number of nitrogens with zero attached hydrogens (tertiary/aromatic N) is 2. The molecule has 1 aliphatic heterocycles. The zero-order chi connectivity index (χ0) is 11.0. The average Bonchev–Trinajstić information content (AvgIpc) is 2.82. The molecule has 0 fully saturated rings. The predicted octanol–water partition coefficient (Wildman–Crippen LogP) is 2.44. The molecule has 0 aliphatic carbocycles. The Morgan fingerprint density at radius 1 is 1.25 bits per heavy atom. The second kappa shape index (κ2) is 3.59. The molecule has 0 spiro atoms. The Labute approximate surface area is 94.2 Å². The van der Waals surface area contributed by atoms with Gasteiger partial charge in [0.25, 0.3) is 0 Å². The van der Waals surface area contributed by atoms with Crippen LogP contribution >= 0.6 is 0 Å². The van der Waals surface area contributed by atoms with E-state index in [0.29, 0.717) is 0 Å². The van der Waals surface area contributed by atoms with Crippen molar-refractivity contribution in [1.29, 1.82) is 0 Å². The summed E-state index contributed by atoms with van der Waals surface area (Å²) in [6.45, 7) is 2.98. The van der Waals surface area contributed by atoms with E-state index in [-0.39, 0.29) is 0 Å². The van der Waals surface area contributed by atoms with Gasteiger partial charge in [-0.1, -0.05) is 18.2 Å². The lowest BCUT2D eigenvalue weighted by Crippen LogP contribution is -2.10. The van der Waals surface area contributed by atoms with Crippen LogP contribution in [0.15, 0.2) is 35.6 Å². The van der Waals surface area contributed by atoms with Crippen LogP contribution in [-0.4, -0.2) is 22.5 Å². The number of benzene rings is 1. The fourth-order valence-electron chi connectivity index (χ4n) is 2.28. The summed E-state index contributed by atoms with van der Waals surface area (Å²) < 4.78 is 0. The van der Waals surface area contributed by atoms with Crippen molar-refractivity contribution in [3.63, 3.8) is 0 Å². The van der Waals surface area contributed by atoms with Gasteiger partial charge >= 0.3 is 0 Å². The van der Waals surface area contributed by atoms with Crippen molar-refractivity contribution >= 4 is 5.71 Å². The standard InChI is InChI=1S/C13H13N3/c1-9-11-3-2-4-12(10-7-15-16-8-10)13(11)5-6-14-9/h2-4,7-8H,5-6H2,1H3,(H,15,16). The van der Waals surface area contributed by atoms with E-state index in [4.69, 9.17) is 0 Å². The van der Waals surface area contributed by atoms with Crippen molar-refractivity contribution in [2.24, 2.45) is 4.99 Å². The SMILES string of the molecule is CC1=NCCc2c1cccc2-c1cn[nH]c1. The summed E-state index contributed by atoms with van der Waals surface area (Å²) in [6, 6.07) is 6.39. The van der Waals surface area contributed by atoms with Crippen LogP contribution in [0.4, 0.5) is 0 Å². The van der Waals surface area contributed by atoms with E-state index in [1.54, 1.807) is 0 Å². The predicted molar refractivity (Wildman–Crippen MR) is 64.8 cm³/mol. The molecule has 1 aliphatic rings. The largest absolute Gasteiger partial charge is 0.289 e. The van der Waals surface area contributed by atoms with Crippen LogP contribution in [-0.2, 0) is 6.42 Å². The van der Waals surface area contributed by atoms with Gasteiger partial charge in [0.05, 0.1) is 6.20 Å². The fraction of sp³-hybridized carbons (Fsp3) is 0.231. The maximum absolute atomic E-state index is 4.49. The zero-order valence-corrected chi connectivity index (χ0v) is 9.20. The molecule has 3 nitrogen and oxygen atoms in total. The third kappa shape index (κ3) is 1.36. The topological polar surface area (TPSA) is 41.0 Å². The van der Waals surface area contributed by atoms with E-state index in [9.17, 15) is 0 Å². The highest BCUT2D eigenvalue weighted by molar-refractivity contribution is 6.02. The van der Waals surface area contributed by atoms with Gasteiger partial charge in [-0.05, 0) is 30.0 Å². The van der Waals surface area contributed by atoms with Crippen LogP contribution in [0.3, 0.4) is 0 Å². The molecule has 2 aromatic rings. The molecule has 1 N–H and O–H groups in total. The second-order valence-electron chi connectivity index (χ2n) is 4.04. The van der Waals surface area contributed by atoms with Gasteiger partial charge in [0.1, 0.15) is 0 Å². The molecule has 3 heteroatoms.